The van der Waals surface area contributed by atoms with Crippen LogP contribution in [0.5, 0.6) is 0 Å². The van der Waals surface area contributed by atoms with Gasteiger partial charge in [0.15, 0.2) is 0 Å². The first-order valence-corrected chi connectivity index (χ1v) is 8.31. The number of benzene rings is 2. The van der Waals surface area contributed by atoms with Crippen LogP contribution in [0.3, 0.4) is 0 Å². The van der Waals surface area contributed by atoms with Gasteiger partial charge in [0.1, 0.15) is 11.6 Å². The molecule has 2 aromatic rings. The zero-order valence-electron chi connectivity index (χ0n) is 13.7. The third-order valence-electron chi connectivity index (χ3n) is 3.77. The highest BCUT2D eigenvalue weighted by Crippen LogP contribution is 2.22. The summed E-state index contributed by atoms with van der Waals surface area (Å²) in [4.78, 5) is 11.1. The van der Waals surface area contributed by atoms with Crippen LogP contribution >= 0.6 is 11.6 Å². The molecule has 0 amide bonds. The number of hydrogen-bond donors (Lipinski definition) is 2. The van der Waals surface area contributed by atoms with Crippen molar-refractivity contribution in [2.45, 2.75) is 31.0 Å². The fraction of sp³-hybridized carbons (Fsp3) is 0.316. The Morgan fingerprint density at radius 2 is 1.75 bits per heavy atom. The van der Waals surface area contributed by atoms with E-state index in [2.05, 4.69) is 5.32 Å². The average molecular weight is 347 g/mol. The number of nitrogens with two attached hydrogens (primary N) is 1. The molecule has 0 aliphatic carbocycles. The summed E-state index contributed by atoms with van der Waals surface area (Å²) in [5.74, 6) is -0.382. The molecule has 2 aromatic carbocycles. The van der Waals surface area contributed by atoms with Crippen molar-refractivity contribution in [3.63, 3.8) is 0 Å². The van der Waals surface area contributed by atoms with Crippen molar-refractivity contribution in [2.75, 3.05) is 6.54 Å². The van der Waals surface area contributed by atoms with E-state index in [9.17, 15) is 4.79 Å². The highest BCUT2D eigenvalue weighted by atomic mass is 35.5. The standard InChI is InChI=1S/C19H23ClN2O2/c1-15(17-10-6-3-7-11-17)22-19(20,14-21)12-18(23)24-13-16-8-4-2-5-9-16/h2-11,15,22H,12-14,21H2,1H3. The van der Waals surface area contributed by atoms with Gasteiger partial charge in [0.05, 0.1) is 6.42 Å². The molecule has 0 saturated carbocycles. The summed E-state index contributed by atoms with van der Waals surface area (Å²) in [7, 11) is 0. The molecule has 2 rings (SSSR count). The summed E-state index contributed by atoms with van der Waals surface area (Å²) in [5, 5.41) is 3.23. The SMILES string of the molecule is CC(NC(Cl)(CN)CC(=O)OCc1ccccc1)c1ccccc1. The molecule has 24 heavy (non-hydrogen) atoms. The summed E-state index contributed by atoms with van der Waals surface area (Å²) in [6.07, 6.45) is -0.00490. The van der Waals surface area contributed by atoms with Gasteiger partial charge in [0, 0.05) is 12.6 Å². The molecule has 3 N–H and O–H groups in total. The molecule has 0 saturated heterocycles. The number of carbonyl (C=O) groups is 1. The Kier molecular flexibility index (Phi) is 6.79. The van der Waals surface area contributed by atoms with E-state index >= 15 is 0 Å². The molecule has 0 fully saturated rings. The number of nitrogens with one attached hydrogen (secondary N) is 1. The molecule has 0 heterocycles. The van der Waals surface area contributed by atoms with Gasteiger partial charge in [-0.25, -0.2) is 0 Å². The molecule has 0 spiro atoms. The first-order chi connectivity index (χ1) is 11.5. The van der Waals surface area contributed by atoms with Gasteiger partial charge in [-0.1, -0.05) is 60.7 Å². The molecule has 2 atom stereocenters. The van der Waals surface area contributed by atoms with Crippen LogP contribution in [0.15, 0.2) is 60.7 Å². The summed E-state index contributed by atoms with van der Waals surface area (Å²) >= 11 is 6.51. The van der Waals surface area contributed by atoms with Gasteiger partial charge < -0.3 is 10.5 Å². The van der Waals surface area contributed by atoms with Gasteiger partial charge >= 0.3 is 5.97 Å². The van der Waals surface area contributed by atoms with Crippen LogP contribution in [0.25, 0.3) is 0 Å². The Morgan fingerprint density at radius 1 is 1.17 bits per heavy atom. The van der Waals surface area contributed by atoms with Crippen molar-refractivity contribution in [3.8, 4) is 0 Å². The smallest absolute Gasteiger partial charge is 0.309 e. The van der Waals surface area contributed by atoms with Gasteiger partial charge in [-0.05, 0) is 18.1 Å². The Hall–Kier alpha value is -1.88. The minimum absolute atomic E-state index is 0.00490. The van der Waals surface area contributed by atoms with Crippen molar-refractivity contribution in [1.29, 1.82) is 0 Å². The van der Waals surface area contributed by atoms with E-state index in [0.29, 0.717) is 0 Å². The predicted molar refractivity (Wildman–Crippen MR) is 96.5 cm³/mol. The number of alkyl halides is 1. The number of ether oxygens (including phenoxy) is 1. The molecule has 5 heteroatoms. The number of halogens is 1. The Labute approximate surface area is 148 Å². The molecular weight excluding hydrogens is 324 g/mol. The maximum absolute atomic E-state index is 12.1. The van der Waals surface area contributed by atoms with Crippen molar-refractivity contribution >= 4 is 17.6 Å². The lowest BCUT2D eigenvalue weighted by molar-refractivity contribution is -0.145. The number of hydrogen-bond acceptors (Lipinski definition) is 4. The summed E-state index contributed by atoms with van der Waals surface area (Å²) < 4.78 is 5.29. The number of esters is 1. The van der Waals surface area contributed by atoms with Crippen molar-refractivity contribution < 1.29 is 9.53 Å². The van der Waals surface area contributed by atoms with Crippen LogP contribution < -0.4 is 11.1 Å². The lowest BCUT2D eigenvalue weighted by Gasteiger charge is -2.30. The molecule has 128 valence electrons. The highest BCUT2D eigenvalue weighted by Gasteiger charge is 2.31. The molecule has 0 aromatic heterocycles. The van der Waals surface area contributed by atoms with Crippen LogP contribution in [0.2, 0.25) is 0 Å². The van der Waals surface area contributed by atoms with Gasteiger partial charge in [-0.2, -0.15) is 0 Å². The summed E-state index contributed by atoms with van der Waals surface area (Å²) in [6, 6.07) is 19.4. The molecule has 0 aliphatic rings. The maximum atomic E-state index is 12.1. The molecule has 2 unspecified atom stereocenters. The molecule has 0 aliphatic heterocycles. The van der Waals surface area contributed by atoms with Crippen LogP contribution in [0.4, 0.5) is 0 Å². The van der Waals surface area contributed by atoms with Crippen LogP contribution in [0, 0.1) is 0 Å². The minimum atomic E-state index is -1.04. The third-order valence-corrected chi connectivity index (χ3v) is 4.16. The minimum Gasteiger partial charge on any atom is -0.461 e. The van der Waals surface area contributed by atoms with E-state index in [1.807, 2.05) is 67.6 Å². The second-order valence-electron chi connectivity index (χ2n) is 5.77. The Bertz CT molecular complexity index is 636. The predicted octanol–water partition coefficient (Wildman–Crippen LogP) is 3.36. The fourth-order valence-electron chi connectivity index (χ4n) is 2.41. The topological polar surface area (TPSA) is 64.3 Å². The van der Waals surface area contributed by atoms with E-state index in [0.717, 1.165) is 11.1 Å². The van der Waals surface area contributed by atoms with E-state index < -0.39 is 5.00 Å². The van der Waals surface area contributed by atoms with Gasteiger partial charge in [-0.15, -0.1) is 11.6 Å². The largest absolute Gasteiger partial charge is 0.461 e. The second kappa shape index (κ2) is 8.83. The number of carbonyl (C=O) groups excluding carboxylic acids is 1. The first-order valence-electron chi connectivity index (χ1n) is 7.93. The van der Waals surface area contributed by atoms with E-state index in [1.54, 1.807) is 0 Å². The van der Waals surface area contributed by atoms with Crippen molar-refractivity contribution in [3.05, 3.63) is 71.8 Å². The summed E-state index contributed by atoms with van der Waals surface area (Å²) in [6.45, 7) is 2.33. The van der Waals surface area contributed by atoms with Gasteiger partial charge in [0.25, 0.3) is 0 Å². The van der Waals surface area contributed by atoms with Crippen molar-refractivity contribution in [2.24, 2.45) is 5.73 Å². The molecule has 4 nitrogen and oxygen atoms in total. The highest BCUT2D eigenvalue weighted by molar-refractivity contribution is 6.24. The number of rotatable bonds is 8. The lowest BCUT2D eigenvalue weighted by Crippen LogP contribution is -2.49. The Morgan fingerprint density at radius 3 is 2.33 bits per heavy atom. The maximum Gasteiger partial charge on any atom is 0.309 e. The molecular formula is C19H23ClN2O2. The fourth-order valence-corrected chi connectivity index (χ4v) is 2.69. The van der Waals surface area contributed by atoms with Crippen LogP contribution in [0.1, 0.15) is 30.5 Å². The molecule has 0 bridgehead atoms. The zero-order chi connectivity index (χ0) is 17.4. The average Bonchev–Trinajstić information content (AvgIpc) is 2.61. The second-order valence-corrected chi connectivity index (χ2v) is 6.49. The lowest BCUT2D eigenvalue weighted by atomic mass is 10.1. The van der Waals surface area contributed by atoms with Crippen LogP contribution in [-0.4, -0.2) is 17.5 Å². The Balaban J connectivity index is 1.90. The van der Waals surface area contributed by atoms with Crippen molar-refractivity contribution in [1.82, 2.24) is 5.32 Å². The first kappa shape index (κ1) is 18.5. The van der Waals surface area contributed by atoms with E-state index in [-0.39, 0.29) is 31.6 Å². The van der Waals surface area contributed by atoms with Gasteiger partial charge in [-0.3, -0.25) is 10.1 Å². The quantitative estimate of drug-likeness (QED) is 0.437. The van der Waals surface area contributed by atoms with Gasteiger partial charge in [0.2, 0.25) is 0 Å². The normalized spacial score (nSPS) is 14.6. The molecule has 0 radical (unpaired) electrons. The van der Waals surface area contributed by atoms with Crippen LogP contribution in [-0.2, 0) is 16.1 Å². The zero-order valence-corrected chi connectivity index (χ0v) is 14.5. The summed E-state index contributed by atoms with van der Waals surface area (Å²) in [5.41, 5.74) is 7.80. The van der Waals surface area contributed by atoms with E-state index in [4.69, 9.17) is 22.1 Å². The third kappa shape index (κ3) is 5.64. The monoisotopic (exact) mass is 346 g/mol. The van der Waals surface area contributed by atoms with E-state index in [1.165, 1.54) is 0 Å².